The highest BCUT2D eigenvalue weighted by molar-refractivity contribution is 5.96. The van der Waals surface area contributed by atoms with Gasteiger partial charge in [0.1, 0.15) is 5.69 Å². The molecule has 0 aliphatic carbocycles. The smallest absolute Gasteiger partial charge is 0.189 e. The quantitative estimate of drug-likeness (QED) is 0.378. The van der Waals surface area contributed by atoms with Crippen molar-refractivity contribution in [2.24, 2.45) is 16.3 Å². The van der Waals surface area contributed by atoms with Crippen LogP contribution in [0.25, 0.3) is 0 Å². The van der Waals surface area contributed by atoms with Crippen molar-refractivity contribution >= 4 is 5.84 Å². The summed E-state index contributed by atoms with van der Waals surface area (Å²) >= 11 is 0. The monoisotopic (exact) mass is 290 g/mol. The predicted molar refractivity (Wildman–Crippen MR) is 84.3 cm³/mol. The number of hydrogen-bond donors (Lipinski definition) is 2. The highest BCUT2D eigenvalue weighted by atomic mass is 16.4. The van der Waals surface area contributed by atoms with Gasteiger partial charge in [0.2, 0.25) is 0 Å². The number of nitrogens with two attached hydrogens (primary N) is 1. The predicted octanol–water partition coefficient (Wildman–Crippen LogP) is 2.58. The minimum atomic E-state index is 0.0825. The van der Waals surface area contributed by atoms with Crippen LogP contribution in [0, 0.1) is 5.41 Å². The first-order valence-electron chi connectivity index (χ1n) is 7.78. The fraction of sp³-hybridized carbons (Fsp3) is 0.625. The molecule has 1 saturated heterocycles. The number of oxime groups is 1. The maximum Gasteiger partial charge on any atom is 0.189 e. The number of piperidine rings is 1. The van der Waals surface area contributed by atoms with Gasteiger partial charge in [-0.05, 0) is 43.0 Å². The van der Waals surface area contributed by atoms with E-state index in [4.69, 9.17) is 10.9 Å². The molecule has 0 spiro atoms. The minimum Gasteiger partial charge on any atom is -0.409 e. The molecule has 1 fully saturated rings. The highest BCUT2D eigenvalue weighted by Crippen LogP contribution is 2.38. The summed E-state index contributed by atoms with van der Waals surface area (Å²) in [5.41, 5.74) is 7.84. The number of pyridine rings is 1. The van der Waals surface area contributed by atoms with E-state index >= 15 is 0 Å². The molecule has 1 aromatic rings. The van der Waals surface area contributed by atoms with Gasteiger partial charge < -0.3 is 10.9 Å². The number of likely N-dealkylation sites (tertiary alicyclic amines) is 1. The van der Waals surface area contributed by atoms with Crippen LogP contribution in [-0.4, -0.2) is 34.0 Å². The van der Waals surface area contributed by atoms with Crippen molar-refractivity contribution in [2.45, 2.75) is 46.1 Å². The highest BCUT2D eigenvalue weighted by Gasteiger charge is 2.31. The van der Waals surface area contributed by atoms with Crippen molar-refractivity contribution < 1.29 is 5.21 Å². The SMILES string of the molecule is CCC1(CC)CCN(Cc2cccnc2C(N)=NO)CC1. The van der Waals surface area contributed by atoms with Crippen LogP contribution >= 0.6 is 0 Å². The fourth-order valence-corrected chi connectivity index (χ4v) is 3.23. The summed E-state index contributed by atoms with van der Waals surface area (Å²) in [6.45, 7) is 7.62. The second-order valence-corrected chi connectivity index (χ2v) is 5.98. The van der Waals surface area contributed by atoms with E-state index in [0.717, 1.165) is 25.2 Å². The Morgan fingerprint density at radius 1 is 1.38 bits per heavy atom. The largest absolute Gasteiger partial charge is 0.409 e. The van der Waals surface area contributed by atoms with Crippen molar-refractivity contribution in [2.75, 3.05) is 13.1 Å². The summed E-state index contributed by atoms with van der Waals surface area (Å²) in [5.74, 6) is 0.0825. The molecular weight excluding hydrogens is 264 g/mol. The van der Waals surface area contributed by atoms with Gasteiger partial charge in [0, 0.05) is 12.7 Å². The summed E-state index contributed by atoms with van der Waals surface area (Å²) in [6.07, 6.45) is 6.70. The first-order valence-corrected chi connectivity index (χ1v) is 7.78. The molecule has 3 N–H and O–H groups in total. The van der Waals surface area contributed by atoms with Gasteiger partial charge in [0.15, 0.2) is 5.84 Å². The molecule has 0 bridgehead atoms. The normalized spacial score (nSPS) is 19.6. The fourth-order valence-electron chi connectivity index (χ4n) is 3.23. The Morgan fingerprint density at radius 3 is 2.62 bits per heavy atom. The van der Waals surface area contributed by atoms with Gasteiger partial charge in [0.05, 0.1) is 0 Å². The summed E-state index contributed by atoms with van der Waals surface area (Å²) in [6, 6.07) is 3.90. The lowest BCUT2D eigenvalue weighted by Crippen LogP contribution is -2.39. The van der Waals surface area contributed by atoms with E-state index in [-0.39, 0.29) is 5.84 Å². The molecule has 0 unspecified atom stereocenters. The van der Waals surface area contributed by atoms with E-state index < -0.39 is 0 Å². The summed E-state index contributed by atoms with van der Waals surface area (Å²) in [4.78, 5) is 6.67. The molecule has 0 radical (unpaired) electrons. The van der Waals surface area contributed by atoms with Crippen molar-refractivity contribution in [3.8, 4) is 0 Å². The minimum absolute atomic E-state index is 0.0825. The molecule has 0 amide bonds. The van der Waals surface area contributed by atoms with Crippen molar-refractivity contribution in [1.82, 2.24) is 9.88 Å². The number of hydrogen-bond acceptors (Lipinski definition) is 4. The van der Waals surface area contributed by atoms with Crippen LogP contribution in [0.1, 0.15) is 50.8 Å². The molecule has 1 aromatic heterocycles. The van der Waals surface area contributed by atoms with Crippen molar-refractivity contribution in [3.05, 3.63) is 29.6 Å². The molecule has 2 heterocycles. The van der Waals surface area contributed by atoms with Gasteiger partial charge >= 0.3 is 0 Å². The van der Waals surface area contributed by atoms with Crippen LogP contribution in [0.2, 0.25) is 0 Å². The second-order valence-electron chi connectivity index (χ2n) is 5.98. The first-order chi connectivity index (χ1) is 10.1. The lowest BCUT2D eigenvalue weighted by Gasteiger charge is -2.41. The van der Waals surface area contributed by atoms with E-state index in [9.17, 15) is 0 Å². The summed E-state index contributed by atoms with van der Waals surface area (Å²) < 4.78 is 0. The number of rotatable bonds is 5. The van der Waals surface area contributed by atoms with E-state index in [1.807, 2.05) is 12.1 Å². The summed E-state index contributed by atoms with van der Waals surface area (Å²) in [5, 5.41) is 11.9. The molecule has 5 heteroatoms. The van der Waals surface area contributed by atoms with Crippen LogP contribution in [0.15, 0.2) is 23.5 Å². The third-order valence-electron chi connectivity index (χ3n) is 5.05. The Hall–Kier alpha value is -1.62. The summed E-state index contributed by atoms with van der Waals surface area (Å²) in [7, 11) is 0. The molecule has 0 atom stereocenters. The van der Waals surface area contributed by atoms with E-state index in [0.29, 0.717) is 11.1 Å². The average Bonchev–Trinajstić information content (AvgIpc) is 2.55. The third kappa shape index (κ3) is 3.53. The van der Waals surface area contributed by atoms with Crippen LogP contribution in [0.3, 0.4) is 0 Å². The van der Waals surface area contributed by atoms with Gasteiger partial charge in [-0.15, -0.1) is 0 Å². The van der Waals surface area contributed by atoms with Gasteiger partial charge in [-0.2, -0.15) is 0 Å². The Kier molecular flexibility index (Phi) is 5.17. The molecule has 1 aliphatic heterocycles. The Bertz CT molecular complexity index is 487. The van der Waals surface area contributed by atoms with E-state index in [2.05, 4.69) is 28.9 Å². The van der Waals surface area contributed by atoms with Gasteiger partial charge in [-0.3, -0.25) is 9.88 Å². The van der Waals surface area contributed by atoms with Gasteiger partial charge in [-0.1, -0.05) is 37.9 Å². The molecule has 0 aromatic carbocycles. The number of nitrogens with zero attached hydrogens (tertiary/aromatic N) is 3. The molecular formula is C16H26N4O. The lowest BCUT2D eigenvalue weighted by molar-refractivity contribution is 0.0908. The zero-order valence-electron chi connectivity index (χ0n) is 13.0. The first kappa shape index (κ1) is 15.8. The maximum atomic E-state index is 8.86. The van der Waals surface area contributed by atoms with Crippen molar-refractivity contribution in [3.63, 3.8) is 0 Å². The molecule has 2 rings (SSSR count). The second kappa shape index (κ2) is 6.89. The van der Waals surface area contributed by atoms with Crippen LogP contribution in [0.5, 0.6) is 0 Å². The van der Waals surface area contributed by atoms with Gasteiger partial charge in [0.25, 0.3) is 0 Å². The zero-order valence-corrected chi connectivity index (χ0v) is 13.0. The van der Waals surface area contributed by atoms with Crippen LogP contribution < -0.4 is 5.73 Å². The maximum absolute atomic E-state index is 8.86. The molecule has 1 aliphatic rings. The zero-order chi connectivity index (χ0) is 15.3. The Balaban J connectivity index is 2.05. The van der Waals surface area contributed by atoms with E-state index in [1.54, 1.807) is 6.20 Å². The lowest BCUT2D eigenvalue weighted by atomic mass is 9.74. The van der Waals surface area contributed by atoms with E-state index in [1.165, 1.54) is 25.7 Å². The molecule has 0 saturated carbocycles. The molecule has 21 heavy (non-hydrogen) atoms. The van der Waals surface area contributed by atoms with Crippen LogP contribution in [-0.2, 0) is 6.54 Å². The Morgan fingerprint density at radius 2 is 2.05 bits per heavy atom. The van der Waals surface area contributed by atoms with Crippen molar-refractivity contribution in [1.29, 1.82) is 0 Å². The molecule has 5 nitrogen and oxygen atoms in total. The number of amidine groups is 1. The standard InChI is InChI=1S/C16H26N4O/c1-3-16(4-2)7-10-20(11-8-16)12-13-6-5-9-18-14(13)15(17)19-21/h5-6,9,21H,3-4,7-8,10-12H2,1-2H3,(H2,17,19). The topological polar surface area (TPSA) is 74.7 Å². The van der Waals surface area contributed by atoms with Crippen LogP contribution in [0.4, 0.5) is 0 Å². The number of aromatic nitrogens is 1. The van der Waals surface area contributed by atoms with Gasteiger partial charge in [-0.25, -0.2) is 0 Å². The third-order valence-corrected chi connectivity index (χ3v) is 5.05. The Labute approximate surface area is 126 Å². The average molecular weight is 290 g/mol. The molecule has 116 valence electrons.